The molecule has 2 N–H and O–H groups in total. The van der Waals surface area contributed by atoms with Crippen LogP contribution in [0.5, 0.6) is 0 Å². The summed E-state index contributed by atoms with van der Waals surface area (Å²) in [5.74, 6) is 0.615. The van der Waals surface area contributed by atoms with Gasteiger partial charge in [-0.2, -0.15) is 5.26 Å². The molecule has 0 unspecified atom stereocenters. The maximum Gasteiger partial charge on any atom is 0.414 e. The highest BCUT2D eigenvalue weighted by atomic mass is 16.5. The van der Waals surface area contributed by atoms with E-state index in [0.29, 0.717) is 64.0 Å². The first-order valence-electron chi connectivity index (χ1n) is 15.2. The van der Waals surface area contributed by atoms with Gasteiger partial charge in [0.15, 0.2) is 0 Å². The van der Waals surface area contributed by atoms with Gasteiger partial charge in [-0.1, -0.05) is 26.7 Å². The Balaban J connectivity index is 1.48. The number of nitrogens with zero attached hydrogens (tertiary/aromatic N) is 5. The number of rotatable bonds is 9. The smallest absolute Gasteiger partial charge is 0.414 e. The molecule has 2 amide bonds. The molecular weight excluding hydrogens is 510 g/mol. The van der Waals surface area contributed by atoms with Crippen molar-refractivity contribution < 1.29 is 19.1 Å². The number of morpholine rings is 1. The number of alkyl carbamates (subject to hydrolysis) is 1. The maximum absolute atomic E-state index is 13.7. The Bertz CT molecular complexity index is 925. The van der Waals surface area contributed by atoms with Crippen molar-refractivity contribution in [3.8, 4) is 6.07 Å². The molecule has 2 heterocycles. The summed E-state index contributed by atoms with van der Waals surface area (Å²) in [6.45, 7) is 11.5. The predicted octanol–water partition coefficient (Wildman–Crippen LogP) is 2.19. The standard InChI is InChI=1S/C29H49N7O4/c1-28(2,23-7-4-5-8-23)21-24(25(37)33-29(22-30)9-6-10-29)31-26(36-16-18-39-19-17-36)32-27(38)40-20-15-35-13-11-34(3)12-14-35/h23-24H,4-21H2,1-3H3,(H,33,37)(H,31,32,38)/t24-/m0/s1. The molecule has 2 aliphatic carbocycles. The molecule has 11 nitrogen and oxygen atoms in total. The minimum atomic E-state index is -0.808. The fourth-order valence-electron chi connectivity index (χ4n) is 6.27. The number of likely N-dealkylation sites (N-methyl/N-ethyl adjacent to an activating group) is 1. The van der Waals surface area contributed by atoms with E-state index >= 15 is 0 Å². The van der Waals surface area contributed by atoms with Crippen LogP contribution in [0.4, 0.5) is 4.79 Å². The minimum Gasteiger partial charge on any atom is -0.448 e. The van der Waals surface area contributed by atoms with Crippen LogP contribution >= 0.6 is 0 Å². The Kier molecular flexibility index (Phi) is 10.7. The highest BCUT2D eigenvalue weighted by Gasteiger charge is 2.42. The number of nitrogens with one attached hydrogen (secondary N) is 2. The average Bonchev–Trinajstić information content (AvgIpc) is 3.48. The van der Waals surface area contributed by atoms with E-state index in [-0.39, 0.29) is 17.9 Å². The van der Waals surface area contributed by atoms with E-state index in [1.165, 1.54) is 12.8 Å². The molecule has 4 aliphatic rings. The fraction of sp³-hybridized carbons (Fsp3) is 0.862. The van der Waals surface area contributed by atoms with Crippen molar-refractivity contribution in [3.05, 3.63) is 0 Å². The van der Waals surface area contributed by atoms with E-state index in [1.54, 1.807) is 0 Å². The van der Waals surface area contributed by atoms with Crippen LogP contribution in [0.15, 0.2) is 4.99 Å². The molecule has 4 fully saturated rings. The van der Waals surface area contributed by atoms with E-state index < -0.39 is 17.7 Å². The van der Waals surface area contributed by atoms with Gasteiger partial charge in [0, 0.05) is 45.8 Å². The van der Waals surface area contributed by atoms with Crippen molar-refractivity contribution in [2.45, 2.75) is 76.8 Å². The Hall–Kier alpha value is -2.42. The van der Waals surface area contributed by atoms with Crippen LogP contribution in [0.2, 0.25) is 0 Å². The average molecular weight is 560 g/mol. The van der Waals surface area contributed by atoms with E-state index in [9.17, 15) is 14.9 Å². The second-order valence-corrected chi connectivity index (χ2v) is 12.7. The van der Waals surface area contributed by atoms with Crippen molar-refractivity contribution >= 4 is 18.0 Å². The van der Waals surface area contributed by atoms with E-state index in [2.05, 4.69) is 47.4 Å². The molecule has 0 aromatic carbocycles. The number of ether oxygens (including phenoxy) is 2. The van der Waals surface area contributed by atoms with Gasteiger partial charge in [-0.05, 0) is 56.9 Å². The van der Waals surface area contributed by atoms with Crippen LogP contribution in [-0.2, 0) is 14.3 Å². The van der Waals surface area contributed by atoms with Crippen molar-refractivity contribution in [2.24, 2.45) is 16.3 Å². The maximum atomic E-state index is 13.7. The highest BCUT2D eigenvalue weighted by molar-refractivity contribution is 5.96. The third kappa shape index (κ3) is 8.30. The van der Waals surface area contributed by atoms with Crippen LogP contribution in [0.25, 0.3) is 0 Å². The molecule has 1 atom stereocenters. The largest absolute Gasteiger partial charge is 0.448 e. The van der Waals surface area contributed by atoms with Gasteiger partial charge in [0.1, 0.15) is 18.2 Å². The molecule has 0 radical (unpaired) electrons. The molecule has 4 rings (SSSR count). The predicted molar refractivity (Wildman–Crippen MR) is 153 cm³/mol. The zero-order valence-corrected chi connectivity index (χ0v) is 24.8. The Morgan fingerprint density at radius 3 is 2.38 bits per heavy atom. The molecule has 0 aromatic heterocycles. The van der Waals surface area contributed by atoms with Crippen LogP contribution < -0.4 is 10.6 Å². The first-order valence-corrected chi connectivity index (χ1v) is 15.2. The molecule has 2 aliphatic heterocycles. The lowest BCUT2D eigenvalue weighted by Crippen LogP contribution is -2.56. The molecule has 0 spiro atoms. The molecular formula is C29H49N7O4. The van der Waals surface area contributed by atoms with E-state index in [4.69, 9.17) is 14.5 Å². The lowest BCUT2D eigenvalue weighted by molar-refractivity contribution is -0.125. The number of piperazine rings is 1. The normalized spacial score (nSPS) is 23.6. The Morgan fingerprint density at radius 2 is 1.77 bits per heavy atom. The summed E-state index contributed by atoms with van der Waals surface area (Å²) in [7, 11) is 2.11. The zero-order chi connectivity index (χ0) is 28.6. The second-order valence-electron chi connectivity index (χ2n) is 12.7. The summed E-state index contributed by atoms with van der Waals surface area (Å²) < 4.78 is 11.1. The van der Waals surface area contributed by atoms with Crippen molar-refractivity contribution in [2.75, 3.05) is 72.7 Å². The number of aliphatic imine (C=N–C) groups is 1. The van der Waals surface area contributed by atoms with E-state index in [1.807, 2.05) is 4.90 Å². The van der Waals surface area contributed by atoms with Gasteiger partial charge in [-0.25, -0.2) is 9.79 Å². The van der Waals surface area contributed by atoms with Crippen molar-refractivity contribution in [1.29, 1.82) is 5.26 Å². The third-order valence-corrected chi connectivity index (χ3v) is 9.31. The summed E-state index contributed by atoms with van der Waals surface area (Å²) in [6, 6.07) is 1.58. The topological polar surface area (TPSA) is 123 Å². The summed E-state index contributed by atoms with van der Waals surface area (Å²) in [6.07, 6.45) is 6.95. The molecule has 0 bridgehead atoms. The second kappa shape index (κ2) is 14.0. The lowest BCUT2D eigenvalue weighted by atomic mass is 9.73. The first-order chi connectivity index (χ1) is 19.2. The number of amides is 2. The molecule has 0 aromatic rings. The van der Waals surface area contributed by atoms with Crippen molar-refractivity contribution in [3.63, 3.8) is 0 Å². The number of hydrogen-bond donors (Lipinski definition) is 2. The van der Waals surface area contributed by atoms with Crippen LogP contribution in [0.1, 0.15) is 65.2 Å². The third-order valence-electron chi connectivity index (χ3n) is 9.31. The number of carbonyl (C=O) groups excluding carboxylic acids is 2. The number of hydrogen-bond acceptors (Lipinski definition) is 8. The van der Waals surface area contributed by atoms with Crippen molar-refractivity contribution in [1.82, 2.24) is 25.3 Å². The van der Waals surface area contributed by atoms with Gasteiger partial charge in [-0.15, -0.1) is 0 Å². The van der Waals surface area contributed by atoms with Crippen LogP contribution in [0, 0.1) is 22.7 Å². The Morgan fingerprint density at radius 1 is 1.10 bits per heavy atom. The summed E-state index contributed by atoms with van der Waals surface area (Å²) in [5.41, 5.74) is -0.919. The van der Waals surface area contributed by atoms with Gasteiger partial charge >= 0.3 is 6.09 Å². The summed E-state index contributed by atoms with van der Waals surface area (Å²) >= 11 is 0. The number of guanidine groups is 1. The highest BCUT2D eigenvalue weighted by Crippen LogP contribution is 2.43. The molecule has 11 heteroatoms. The van der Waals surface area contributed by atoms with Crippen LogP contribution in [0.3, 0.4) is 0 Å². The summed E-state index contributed by atoms with van der Waals surface area (Å²) in [5, 5.41) is 15.7. The Labute approximate surface area is 239 Å². The minimum absolute atomic E-state index is 0.111. The van der Waals surface area contributed by atoms with Gasteiger partial charge in [0.25, 0.3) is 0 Å². The lowest BCUT2D eigenvalue weighted by Gasteiger charge is -2.39. The number of carbonyl (C=O) groups is 2. The SMILES string of the molecule is CN1CCN(CCOC(=O)NC(=N[C@@H](CC(C)(C)C2CCCC2)C(=O)NC2(C#N)CCC2)N2CCOCC2)CC1. The van der Waals surface area contributed by atoms with Gasteiger partial charge in [0.2, 0.25) is 11.9 Å². The van der Waals surface area contributed by atoms with E-state index in [0.717, 1.165) is 45.4 Å². The first kappa shape index (κ1) is 30.5. The molecule has 2 saturated heterocycles. The summed E-state index contributed by atoms with van der Waals surface area (Å²) in [4.78, 5) is 38.1. The molecule has 2 saturated carbocycles. The molecule has 40 heavy (non-hydrogen) atoms. The molecule has 224 valence electrons. The van der Waals surface area contributed by atoms with Gasteiger partial charge in [0.05, 0.1) is 19.3 Å². The zero-order valence-electron chi connectivity index (χ0n) is 24.8. The quantitative estimate of drug-likeness (QED) is 0.326. The van der Waals surface area contributed by atoms with Gasteiger partial charge in [-0.3, -0.25) is 15.0 Å². The fourth-order valence-corrected chi connectivity index (χ4v) is 6.27. The monoisotopic (exact) mass is 559 g/mol. The number of nitriles is 1. The van der Waals surface area contributed by atoms with Gasteiger partial charge < -0.3 is 24.6 Å². The van der Waals surface area contributed by atoms with Crippen LogP contribution in [-0.4, -0.2) is 117 Å².